The molecule has 0 heterocycles. The number of hydrogen-bond donors (Lipinski definition) is 8. The molecule has 0 spiro atoms. The zero-order valence-electron chi connectivity index (χ0n) is 18.6. The van der Waals surface area contributed by atoms with E-state index in [0.717, 1.165) is 0 Å². The SMILES string of the molecule is CC(C)CC(N)C(=O)NC(CC(=O)O)C(=O)NC(CC(=O)O)C(=O)NC(CCC(=O)O)C(=O)O. The van der Waals surface area contributed by atoms with E-state index in [1.165, 1.54) is 0 Å². The van der Waals surface area contributed by atoms with Gasteiger partial charge in [0, 0.05) is 6.42 Å². The van der Waals surface area contributed by atoms with E-state index in [1.54, 1.807) is 13.8 Å². The van der Waals surface area contributed by atoms with E-state index in [-0.39, 0.29) is 12.3 Å². The standard InChI is InChI=1S/C19H30N4O11/c1-8(2)5-9(20)16(30)22-11(6-14(26)27)18(32)23-12(7-15(28)29)17(31)21-10(19(33)34)3-4-13(24)25/h8-12H,3-7,20H2,1-2H3,(H,21,31)(H,22,30)(H,23,32)(H,24,25)(H,26,27)(H,28,29)(H,33,34). The van der Waals surface area contributed by atoms with Gasteiger partial charge in [0.2, 0.25) is 17.7 Å². The first-order valence-corrected chi connectivity index (χ1v) is 10.2. The Labute approximate surface area is 194 Å². The van der Waals surface area contributed by atoms with Gasteiger partial charge in [0.05, 0.1) is 18.9 Å². The fourth-order valence-corrected chi connectivity index (χ4v) is 2.73. The minimum atomic E-state index is -1.85. The molecule has 4 atom stereocenters. The number of hydrogen-bond acceptors (Lipinski definition) is 8. The van der Waals surface area contributed by atoms with Crippen molar-refractivity contribution in [3.05, 3.63) is 0 Å². The van der Waals surface area contributed by atoms with Gasteiger partial charge in [-0.15, -0.1) is 0 Å². The van der Waals surface area contributed by atoms with Gasteiger partial charge in [0.15, 0.2) is 0 Å². The molecule has 0 aromatic heterocycles. The molecule has 0 aliphatic heterocycles. The number of aliphatic carboxylic acids is 4. The van der Waals surface area contributed by atoms with Gasteiger partial charge in [-0.3, -0.25) is 28.8 Å². The van der Waals surface area contributed by atoms with Crippen molar-refractivity contribution in [3.8, 4) is 0 Å². The van der Waals surface area contributed by atoms with E-state index in [1.807, 2.05) is 10.6 Å². The molecule has 15 heteroatoms. The summed E-state index contributed by atoms with van der Waals surface area (Å²) in [6, 6.07) is -6.32. The third kappa shape index (κ3) is 12.3. The van der Waals surface area contributed by atoms with Crippen molar-refractivity contribution >= 4 is 41.6 Å². The fraction of sp³-hybridized carbons (Fsp3) is 0.632. The maximum atomic E-state index is 12.6. The second kappa shape index (κ2) is 14.4. The summed E-state index contributed by atoms with van der Waals surface area (Å²) < 4.78 is 0. The third-order valence-electron chi connectivity index (χ3n) is 4.35. The molecule has 3 amide bonds. The average molecular weight is 490 g/mol. The minimum Gasteiger partial charge on any atom is -0.481 e. The van der Waals surface area contributed by atoms with E-state index in [9.17, 15) is 33.6 Å². The van der Waals surface area contributed by atoms with Gasteiger partial charge in [-0.25, -0.2) is 4.79 Å². The third-order valence-corrected chi connectivity index (χ3v) is 4.35. The molecule has 0 saturated carbocycles. The lowest BCUT2D eigenvalue weighted by Crippen LogP contribution is -2.58. The summed E-state index contributed by atoms with van der Waals surface area (Å²) in [5.74, 6) is -9.28. The van der Waals surface area contributed by atoms with Gasteiger partial charge in [-0.2, -0.15) is 0 Å². The van der Waals surface area contributed by atoms with Crippen molar-refractivity contribution in [2.75, 3.05) is 0 Å². The maximum absolute atomic E-state index is 12.6. The van der Waals surface area contributed by atoms with Crippen LogP contribution in [0.15, 0.2) is 0 Å². The van der Waals surface area contributed by atoms with Gasteiger partial charge in [0.1, 0.15) is 18.1 Å². The number of carbonyl (C=O) groups is 7. The van der Waals surface area contributed by atoms with Crippen LogP contribution >= 0.6 is 0 Å². The minimum absolute atomic E-state index is 0.0134. The summed E-state index contributed by atoms with van der Waals surface area (Å²) in [5, 5.41) is 42.0. The zero-order chi connectivity index (χ0) is 26.6. The highest BCUT2D eigenvalue weighted by atomic mass is 16.4. The normalized spacial score (nSPS) is 14.2. The predicted octanol–water partition coefficient (Wildman–Crippen LogP) is -2.29. The van der Waals surface area contributed by atoms with Crippen LogP contribution in [0.2, 0.25) is 0 Å². The van der Waals surface area contributed by atoms with Crippen molar-refractivity contribution < 1.29 is 54.0 Å². The molecule has 34 heavy (non-hydrogen) atoms. The molecule has 15 nitrogen and oxygen atoms in total. The van der Waals surface area contributed by atoms with E-state index in [4.69, 9.17) is 26.2 Å². The Kier molecular flexibility index (Phi) is 12.8. The Morgan fingerprint density at radius 3 is 1.44 bits per heavy atom. The van der Waals surface area contributed by atoms with Crippen LogP contribution in [0.5, 0.6) is 0 Å². The Hall–Kier alpha value is -3.75. The van der Waals surface area contributed by atoms with Gasteiger partial charge in [-0.1, -0.05) is 13.8 Å². The van der Waals surface area contributed by atoms with Gasteiger partial charge in [-0.05, 0) is 18.8 Å². The summed E-state index contributed by atoms with van der Waals surface area (Å²) >= 11 is 0. The number of carboxylic acid groups (broad SMARTS) is 4. The fourth-order valence-electron chi connectivity index (χ4n) is 2.73. The van der Waals surface area contributed by atoms with Crippen molar-refractivity contribution in [2.45, 2.75) is 70.1 Å². The first-order valence-electron chi connectivity index (χ1n) is 10.2. The van der Waals surface area contributed by atoms with Crippen LogP contribution in [0.1, 0.15) is 46.0 Å². The molecule has 0 bridgehead atoms. The van der Waals surface area contributed by atoms with E-state index in [0.29, 0.717) is 0 Å². The van der Waals surface area contributed by atoms with Crippen molar-refractivity contribution in [2.24, 2.45) is 11.7 Å². The monoisotopic (exact) mass is 490 g/mol. The van der Waals surface area contributed by atoms with Gasteiger partial charge in [0.25, 0.3) is 0 Å². The quantitative estimate of drug-likeness (QED) is 0.114. The van der Waals surface area contributed by atoms with Crippen molar-refractivity contribution in [3.63, 3.8) is 0 Å². The molecule has 0 aromatic rings. The van der Waals surface area contributed by atoms with Crippen LogP contribution < -0.4 is 21.7 Å². The predicted molar refractivity (Wildman–Crippen MR) is 112 cm³/mol. The van der Waals surface area contributed by atoms with Crippen LogP contribution in [0, 0.1) is 5.92 Å². The second-order valence-electron chi connectivity index (χ2n) is 7.89. The molecule has 0 fully saturated rings. The highest BCUT2D eigenvalue weighted by Crippen LogP contribution is 2.05. The highest BCUT2D eigenvalue weighted by molar-refractivity contribution is 5.96. The van der Waals surface area contributed by atoms with Crippen molar-refractivity contribution in [1.82, 2.24) is 16.0 Å². The summed E-state index contributed by atoms with van der Waals surface area (Å²) in [4.78, 5) is 81.5. The number of carbonyl (C=O) groups excluding carboxylic acids is 3. The molecule has 192 valence electrons. The van der Waals surface area contributed by atoms with E-state index in [2.05, 4.69) is 5.32 Å². The smallest absolute Gasteiger partial charge is 0.326 e. The highest BCUT2D eigenvalue weighted by Gasteiger charge is 2.32. The summed E-state index contributed by atoms with van der Waals surface area (Å²) in [7, 11) is 0. The maximum Gasteiger partial charge on any atom is 0.326 e. The first kappa shape index (κ1) is 30.2. The van der Waals surface area contributed by atoms with E-state index >= 15 is 0 Å². The first-order chi connectivity index (χ1) is 15.6. The second-order valence-corrected chi connectivity index (χ2v) is 7.89. The zero-order valence-corrected chi connectivity index (χ0v) is 18.6. The van der Waals surface area contributed by atoms with Crippen LogP contribution in [0.3, 0.4) is 0 Å². The molecular weight excluding hydrogens is 460 g/mol. The van der Waals surface area contributed by atoms with Crippen molar-refractivity contribution in [1.29, 1.82) is 0 Å². The topological polar surface area (TPSA) is 263 Å². The molecule has 0 aromatic carbocycles. The van der Waals surface area contributed by atoms with Gasteiger partial charge >= 0.3 is 23.9 Å². The largest absolute Gasteiger partial charge is 0.481 e. The Morgan fingerprint density at radius 2 is 1.09 bits per heavy atom. The number of amides is 3. The summed E-state index contributed by atoms with van der Waals surface area (Å²) in [5.41, 5.74) is 5.72. The summed E-state index contributed by atoms with van der Waals surface area (Å²) in [6.45, 7) is 3.56. The molecule has 0 saturated heterocycles. The van der Waals surface area contributed by atoms with Crippen LogP contribution in [0.4, 0.5) is 0 Å². The number of carboxylic acids is 4. The molecule has 9 N–H and O–H groups in total. The molecule has 0 aliphatic rings. The van der Waals surface area contributed by atoms with Crippen LogP contribution in [0.25, 0.3) is 0 Å². The number of nitrogens with one attached hydrogen (secondary N) is 3. The van der Waals surface area contributed by atoms with E-state index < -0.39 is 91.4 Å². The molecule has 4 unspecified atom stereocenters. The molecular formula is C19H30N4O11. The summed E-state index contributed by atoms with van der Waals surface area (Å²) in [6.07, 6.45) is -2.83. The lowest BCUT2D eigenvalue weighted by Gasteiger charge is -2.24. The number of rotatable bonds is 16. The molecule has 0 aliphatic carbocycles. The Bertz CT molecular complexity index is 799. The average Bonchev–Trinajstić information content (AvgIpc) is 2.68. The Morgan fingerprint density at radius 1 is 0.676 bits per heavy atom. The molecule has 0 rings (SSSR count). The molecule has 0 radical (unpaired) electrons. The van der Waals surface area contributed by atoms with Crippen LogP contribution in [-0.2, 0) is 33.6 Å². The van der Waals surface area contributed by atoms with Crippen LogP contribution in [-0.4, -0.2) is 86.2 Å². The van der Waals surface area contributed by atoms with Gasteiger partial charge < -0.3 is 42.1 Å². The lowest BCUT2D eigenvalue weighted by atomic mass is 10.0. The Balaban J connectivity index is 5.54. The number of nitrogens with two attached hydrogens (primary N) is 1. The lowest BCUT2D eigenvalue weighted by molar-refractivity contribution is -0.145.